The van der Waals surface area contributed by atoms with Gasteiger partial charge in [-0.15, -0.1) is 11.8 Å². The highest BCUT2D eigenvalue weighted by molar-refractivity contribution is 8.00. The van der Waals surface area contributed by atoms with E-state index in [-0.39, 0.29) is 10.8 Å². The minimum atomic E-state index is -0.0148. The molecule has 1 fully saturated rings. The Balaban J connectivity index is 1.55. The fourth-order valence-corrected chi connectivity index (χ4v) is 4.80. The Bertz CT molecular complexity index is 740. The third-order valence-electron chi connectivity index (χ3n) is 5.16. The molecule has 0 aliphatic carbocycles. The van der Waals surface area contributed by atoms with Crippen LogP contribution in [0, 0.1) is 12.8 Å². The number of carbonyl (C=O) groups excluding carboxylic acids is 1. The minimum absolute atomic E-state index is 0.0148. The molecule has 26 heavy (non-hydrogen) atoms. The van der Waals surface area contributed by atoms with E-state index in [9.17, 15) is 4.79 Å². The van der Waals surface area contributed by atoms with Crippen LogP contribution >= 0.6 is 11.8 Å². The van der Waals surface area contributed by atoms with Crippen LogP contribution in [0.4, 0.5) is 10.5 Å². The van der Waals surface area contributed by atoms with Crippen molar-refractivity contribution < 1.29 is 4.79 Å². The highest BCUT2D eigenvalue weighted by Crippen LogP contribution is 2.43. The smallest absolute Gasteiger partial charge is 0.321 e. The largest absolute Gasteiger partial charge is 0.325 e. The van der Waals surface area contributed by atoms with Crippen molar-refractivity contribution in [3.63, 3.8) is 0 Å². The number of hydrogen-bond donors (Lipinski definition) is 1. The first kappa shape index (κ1) is 18.8. The number of urea groups is 1. The monoisotopic (exact) mass is 369 g/mol. The number of nitrogens with one attached hydrogen (secondary N) is 1. The molecule has 1 aromatic heterocycles. The van der Waals surface area contributed by atoms with Gasteiger partial charge in [0, 0.05) is 40.8 Å². The first-order valence-corrected chi connectivity index (χ1v) is 9.98. The van der Waals surface area contributed by atoms with Gasteiger partial charge in [-0.3, -0.25) is 4.98 Å². The van der Waals surface area contributed by atoms with E-state index in [1.165, 1.54) is 10.5 Å². The number of nitrogens with zero attached hydrogens (tertiary/aromatic N) is 2. The summed E-state index contributed by atoms with van der Waals surface area (Å²) in [4.78, 5) is 19.7. The molecular weight excluding hydrogens is 342 g/mol. The fourth-order valence-electron chi connectivity index (χ4n) is 3.45. The molecule has 0 bridgehead atoms. The summed E-state index contributed by atoms with van der Waals surface area (Å²) in [5.41, 5.74) is 2.13. The van der Waals surface area contributed by atoms with Crippen LogP contribution in [0.5, 0.6) is 0 Å². The summed E-state index contributed by atoms with van der Waals surface area (Å²) >= 11 is 1.97. The molecular formula is C21H27N3OS. The maximum Gasteiger partial charge on any atom is 0.321 e. The lowest BCUT2D eigenvalue weighted by Gasteiger charge is -2.40. The Kier molecular flexibility index (Phi) is 5.87. The standard InChI is InChI=1S/C21H27N3OS/c1-16-6-4-5-7-19(16)26-21(2,3)17-10-14-24(15-11-17)20(25)23-18-8-12-22-13-9-18/h4-9,12-13,17H,10-11,14-15H2,1-3H3,(H,22,23,25). The van der Waals surface area contributed by atoms with Crippen molar-refractivity contribution in [2.75, 3.05) is 18.4 Å². The van der Waals surface area contributed by atoms with Crippen LogP contribution < -0.4 is 5.32 Å². The first-order valence-electron chi connectivity index (χ1n) is 9.16. The van der Waals surface area contributed by atoms with Gasteiger partial charge < -0.3 is 10.2 Å². The number of anilines is 1. The number of aryl methyl sites for hydroxylation is 1. The van der Waals surface area contributed by atoms with E-state index in [0.29, 0.717) is 5.92 Å². The molecule has 1 aliphatic rings. The second-order valence-corrected chi connectivity index (χ2v) is 9.09. The van der Waals surface area contributed by atoms with Gasteiger partial charge in [-0.1, -0.05) is 32.0 Å². The summed E-state index contributed by atoms with van der Waals surface area (Å²) in [5, 5.41) is 2.95. The van der Waals surface area contributed by atoms with Crippen LogP contribution in [0.1, 0.15) is 32.3 Å². The number of piperidine rings is 1. The van der Waals surface area contributed by atoms with E-state index in [1.807, 2.05) is 28.8 Å². The van der Waals surface area contributed by atoms with Gasteiger partial charge in [0.05, 0.1) is 0 Å². The average molecular weight is 370 g/mol. The molecule has 1 N–H and O–H groups in total. The average Bonchev–Trinajstić information content (AvgIpc) is 2.64. The summed E-state index contributed by atoms with van der Waals surface area (Å²) in [6.45, 7) is 8.45. The molecule has 0 saturated carbocycles. The Hall–Kier alpha value is -2.01. The second kappa shape index (κ2) is 8.12. The number of likely N-dealkylation sites (tertiary alicyclic amines) is 1. The molecule has 138 valence electrons. The second-order valence-electron chi connectivity index (χ2n) is 7.40. The Morgan fingerprint density at radius 3 is 2.46 bits per heavy atom. The quantitative estimate of drug-likeness (QED) is 0.753. The predicted octanol–water partition coefficient (Wildman–Crippen LogP) is 5.20. The van der Waals surface area contributed by atoms with Crippen LogP contribution in [-0.4, -0.2) is 33.8 Å². The van der Waals surface area contributed by atoms with Crippen LogP contribution in [0.25, 0.3) is 0 Å². The van der Waals surface area contributed by atoms with E-state index < -0.39 is 0 Å². The first-order chi connectivity index (χ1) is 12.5. The molecule has 2 amide bonds. The lowest BCUT2D eigenvalue weighted by Crippen LogP contribution is -2.44. The zero-order chi connectivity index (χ0) is 18.6. The number of aromatic nitrogens is 1. The number of benzene rings is 1. The highest BCUT2D eigenvalue weighted by Gasteiger charge is 2.34. The molecule has 1 saturated heterocycles. The van der Waals surface area contributed by atoms with Gasteiger partial charge in [0.1, 0.15) is 0 Å². The topological polar surface area (TPSA) is 45.2 Å². The van der Waals surface area contributed by atoms with Crippen molar-refractivity contribution in [2.24, 2.45) is 5.92 Å². The summed E-state index contributed by atoms with van der Waals surface area (Å²) in [6.07, 6.45) is 5.45. The number of amides is 2. The zero-order valence-electron chi connectivity index (χ0n) is 15.7. The summed E-state index contributed by atoms with van der Waals surface area (Å²) in [5.74, 6) is 0.595. The molecule has 5 heteroatoms. The van der Waals surface area contributed by atoms with Gasteiger partial charge in [-0.25, -0.2) is 4.79 Å². The van der Waals surface area contributed by atoms with Crippen molar-refractivity contribution >= 4 is 23.5 Å². The number of rotatable bonds is 4. The Labute approximate surface area is 160 Å². The van der Waals surface area contributed by atoms with Gasteiger partial charge >= 0.3 is 6.03 Å². The lowest BCUT2D eigenvalue weighted by atomic mass is 9.86. The predicted molar refractivity (Wildman–Crippen MR) is 109 cm³/mol. The number of pyridine rings is 1. The van der Waals surface area contributed by atoms with Crippen molar-refractivity contribution in [3.8, 4) is 0 Å². The molecule has 2 heterocycles. The summed E-state index contributed by atoms with van der Waals surface area (Å²) < 4.78 is 0.153. The lowest BCUT2D eigenvalue weighted by molar-refractivity contribution is 0.173. The molecule has 0 radical (unpaired) electrons. The molecule has 0 atom stereocenters. The van der Waals surface area contributed by atoms with E-state index in [2.05, 4.69) is 55.3 Å². The maximum atomic E-state index is 12.4. The van der Waals surface area contributed by atoms with Crippen molar-refractivity contribution in [3.05, 3.63) is 54.4 Å². The molecule has 3 rings (SSSR count). The maximum absolute atomic E-state index is 12.4. The normalized spacial score (nSPS) is 15.7. The molecule has 1 aliphatic heterocycles. The fraction of sp³-hybridized carbons (Fsp3) is 0.429. The molecule has 4 nitrogen and oxygen atoms in total. The number of hydrogen-bond acceptors (Lipinski definition) is 3. The number of carbonyl (C=O) groups is 1. The van der Waals surface area contributed by atoms with Gasteiger partial charge in [0.15, 0.2) is 0 Å². The Morgan fingerprint density at radius 1 is 1.15 bits per heavy atom. The van der Waals surface area contributed by atoms with Crippen LogP contribution in [0.3, 0.4) is 0 Å². The SMILES string of the molecule is Cc1ccccc1SC(C)(C)C1CCN(C(=O)Nc2ccncc2)CC1. The summed E-state index contributed by atoms with van der Waals surface area (Å²) in [7, 11) is 0. The minimum Gasteiger partial charge on any atom is -0.325 e. The van der Waals surface area contributed by atoms with Crippen molar-refractivity contribution in [1.82, 2.24) is 9.88 Å². The summed E-state index contributed by atoms with van der Waals surface area (Å²) in [6, 6.07) is 12.2. The van der Waals surface area contributed by atoms with Crippen LogP contribution in [-0.2, 0) is 0 Å². The highest BCUT2D eigenvalue weighted by atomic mass is 32.2. The van der Waals surface area contributed by atoms with E-state index in [4.69, 9.17) is 0 Å². The molecule has 0 unspecified atom stereocenters. The third kappa shape index (κ3) is 4.58. The van der Waals surface area contributed by atoms with Crippen LogP contribution in [0.15, 0.2) is 53.7 Å². The van der Waals surface area contributed by atoms with Crippen molar-refractivity contribution in [1.29, 1.82) is 0 Å². The third-order valence-corrected chi connectivity index (χ3v) is 6.70. The molecule has 0 spiro atoms. The van der Waals surface area contributed by atoms with Gasteiger partial charge in [0.25, 0.3) is 0 Å². The molecule has 2 aromatic rings. The van der Waals surface area contributed by atoms with E-state index in [0.717, 1.165) is 31.6 Å². The molecule has 1 aromatic carbocycles. The van der Waals surface area contributed by atoms with Gasteiger partial charge in [-0.05, 0) is 49.4 Å². The zero-order valence-corrected chi connectivity index (χ0v) is 16.6. The van der Waals surface area contributed by atoms with Gasteiger partial charge in [-0.2, -0.15) is 0 Å². The Morgan fingerprint density at radius 2 is 1.81 bits per heavy atom. The van der Waals surface area contributed by atoms with E-state index >= 15 is 0 Å². The van der Waals surface area contributed by atoms with Crippen LogP contribution in [0.2, 0.25) is 0 Å². The van der Waals surface area contributed by atoms with Crippen molar-refractivity contribution in [2.45, 2.75) is 43.3 Å². The van der Waals surface area contributed by atoms with E-state index in [1.54, 1.807) is 12.4 Å². The number of thioether (sulfide) groups is 1. The van der Waals surface area contributed by atoms with Gasteiger partial charge in [0.2, 0.25) is 0 Å².